The Bertz CT molecular complexity index is 742. The Morgan fingerprint density at radius 3 is 2.73 bits per heavy atom. The Kier molecular flexibility index (Phi) is 6.38. The molecule has 6 nitrogen and oxygen atoms in total. The summed E-state index contributed by atoms with van der Waals surface area (Å²) in [7, 11) is 0. The van der Waals surface area contributed by atoms with Crippen LogP contribution in [0.3, 0.4) is 0 Å². The number of nitrogens with zero attached hydrogens (tertiary/aromatic N) is 1. The zero-order chi connectivity index (χ0) is 18.4. The summed E-state index contributed by atoms with van der Waals surface area (Å²) >= 11 is 1.64. The van der Waals surface area contributed by atoms with Crippen LogP contribution >= 0.6 is 11.3 Å². The van der Waals surface area contributed by atoms with Crippen LogP contribution in [0.2, 0.25) is 0 Å². The maximum Gasteiger partial charge on any atom is 0.308 e. The largest absolute Gasteiger partial charge is 0.426 e. The molecular formula is C19H22N2O4S. The van der Waals surface area contributed by atoms with Crippen LogP contribution in [-0.4, -0.2) is 49.6 Å². The quantitative estimate of drug-likeness (QED) is 0.621. The number of thiophene rings is 1. The highest BCUT2D eigenvalue weighted by molar-refractivity contribution is 7.07. The predicted molar refractivity (Wildman–Crippen MR) is 99.5 cm³/mol. The van der Waals surface area contributed by atoms with Gasteiger partial charge in [0.2, 0.25) is 0 Å². The van der Waals surface area contributed by atoms with Crippen molar-refractivity contribution in [2.45, 2.75) is 13.0 Å². The molecular weight excluding hydrogens is 352 g/mol. The molecule has 1 aliphatic rings. The highest BCUT2D eigenvalue weighted by Crippen LogP contribution is 2.24. The standard InChI is InChI=1S/C19H22N2O4S/c1-14(22)25-18-5-3-2-4-16(18)19(23)20-12-17(15-6-11-26-13-15)21-7-9-24-10-8-21/h2-6,11,13,17H,7-10,12H2,1H3,(H,20,23). The van der Waals surface area contributed by atoms with E-state index < -0.39 is 5.97 Å². The number of carbonyl (C=O) groups is 2. The molecule has 1 unspecified atom stereocenters. The molecule has 1 N–H and O–H groups in total. The van der Waals surface area contributed by atoms with Crippen molar-refractivity contribution in [3.8, 4) is 5.75 Å². The van der Waals surface area contributed by atoms with Gasteiger partial charge in [-0.25, -0.2) is 0 Å². The Hall–Kier alpha value is -2.22. The molecule has 1 aliphatic heterocycles. The molecule has 1 saturated heterocycles. The lowest BCUT2D eigenvalue weighted by atomic mass is 10.1. The zero-order valence-corrected chi connectivity index (χ0v) is 15.5. The minimum absolute atomic E-state index is 0.0926. The topological polar surface area (TPSA) is 67.9 Å². The molecule has 0 saturated carbocycles. The van der Waals surface area contributed by atoms with Gasteiger partial charge in [0.25, 0.3) is 5.91 Å². The molecule has 0 spiro atoms. The van der Waals surface area contributed by atoms with E-state index >= 15 is 0 Å². The first-order valence-corrected chi connectivity index (χ1v) is 9.49. The number of esters is 1. The SMILES string of the molecule is CC(=O)Oc1ccccc1C(=O)NCC(c1ccsc1)N1CCOCC1. The van der Waals surface area contributed by atoms with Gasteiger partial charge in [-0.2, -0.15) is 11.3 Å². The molecule has 0 aliphatic carbocycles. The molecule has 26 heavy (non-hydrogen) atoms. The minimum Gasteiger partial charge on any atom is -0.426 e. The van der Waals surface area contributed by atoms with Crippen LogP contribution in [0.25, 0.3) is 0 Å². The number of hydrogen-bond acceptors (Lipinski definition) is 6. The smallest absolute Gasteiger partial charge is 0.308 e. The van der Waals surface area contributed by atoms with Crippen molar-refractivity contribution in [3.05, 3.63) is 52.2 Å². The highest BCUT2D eigenvalue weighted by atomic mass is 32.1. The summed E-state index contributed by atoms with van der Waals surface area (Å²) in [5.41, 5.74) is 1.54. The monoisotopic (exact) mass is 374 g/mol. The van der Waals surface area contributed by atoms with E-state index in [9.17, 15) is 9.59 Å². The number of rotatable bonds is 6. The van der Waals surface area contributed by atoms with Crippen molar-refractivity contribution in [1.82, 2.24) is 10.2 Å². The Morgan fingerprint density at radius 1 is 1.27 bits per heavy atom. The number of nitrogens with one attached hydrogen (secondary N) is 1. The molecule has 7 heteroatoms. The maximum atomic E-state index is 12.7. The second kappa shape index (κ2) is 8.93. The molecule has 1 fully saturated rings. The highest BCUT2D eigenvalue weighted by Gasteiger charge is 2.24. The van der Waals surface area contributed by atoms with Crippen LogP contribution in [0.1, 0.15) is 28.9 Å². The van der Waals surface area contributed by atoms with Crippen LogP contribution < -0.4 is 10.1 Å². The molecule has 1 amide bonds. The van der Waals surface area contributed by atoms with Gasteiger partial charge in [0.1, 0.15) is 5.75 Å². The first-order chi connectivity index (χ1) is 12.6. The van der Waals surface area contributed by atoms with E-state index in [4.69, 9.17) is 9.47 Å². The van der Waals surface area contributed by atoms with E-state index in [1.807, 2.05) is 5.38 Å². The summed E-state index contributed by atoms with van der Waals surface area (Å²) in [6, 6.07) is 8.94. The lowest BCUT2D eigenvalue weighted by molar-refractivity contribution is -0.131. The van der Waals surface area contributed by atoms with Gasteiger partial charge in [-0.3, -0.25) is 14.5 Å². The van der Waals surface area contributed by atoms with Crippen molar-refractivity contribution in [2.24, 2.45) is 0 Å². The summed E-state index contributed by atoms with van der Waals surface area (Å²) in [5.74, 6) is -0.430. The Labute approximate surface area is 156 Å². The van der Waals surface area contributed by atoms with Crippen LogP contribution in [0.15, 0.2) is 41.1 Å². The van der Waals surface area contributed by atoms with Crippen molar-refractivity contribution in [1.29, 1.82) is 0 Å². The maximum absolute atomic E-state index is 12.7. The predicted octanol–water partition coefficient (Wildman–Crippen LogP) is 2.48. The van der Waals surface area contributed by atoms with Crippen LogP contribution in [0.4, 0.5) is 0 Å². The van der Waals surface area contributed by atoms with Crippen molar-refractivity contribution in [2.75, 3.05) is 32.8 Å². The number of morpholine rings is 1. The van der Waals surface area contributed by atoms with Gasteiger partial charge < -0.3 is 14.8 Å². The van der Waals surface area contributed by atoms with Crippen molar-refractivity contribution in [3.63, 3.8) is 0 Å². The number of amides is 1. The molecule has 2 aromatic rings. The molecule has 1 aromatic heterocycles. The van der Waals surface area contributed by atoms with Crippen LogP contribution in [0.5, 0.6) is 5.75 Å². The lowest BCUT2D eigenvalue weighted by Crippen LogP contribution is -2.43. The number of para-hydroxylation sites is 1. The van der Waals surface area contributed by atoms with Gasteiger partial charge in [-0.05, 0) is 34.5 Å². The summed E-state index contributed by atoms with van der Waals surface area (Å²) in [5, 5.41) is 7.14. The van der Waals surface area contributed by atoms with Gasteiger partial charge in [0.15, 0.2) is 0 Å². The van der Waals surface area contributed by atoms with E-state index in [-0.39, 0.29) is 17.7 Å². The third-order valence-electron chi connectivity index (χ3n) is 4.26. The van der Waals surface area contributed by atoms with E-state index in [0.717, 1.165) is 13.1 Å². The normalized spacial score (nSPS) is 16.0. The van der Waals surface area contributed by atoms with E-state index in [1.165, 1.54) is 12.5 Å². The summed E-state index contributed by atoms with van der Waals surface area (Å²) in [6.45, 7) is 4.86. The van der Waals surface area contributed by atoms with Gasteiger partial charge in [-0.1, -0.05) is 12.1 Å². The fourth-order valence-electron chi connectivity index (χ4n) is 2.99. The first-order valence-electron chi connectivity index (χ1n) is 8.54. The fraction of sp³-hybridized carbons (Fsp3) is 0.368. The minimum atomic E-state index is -0.449. The number of carbonyl (C=O) groups excluding carboxylic acids is 2. The molecule has 1 aromatic carbocycles. The second-order valence-electron chi connectivity index (χ2n) is 6.02. The number of hydrogen-bond donors (Lipinski definition) is 1. The van der Waals surface area contributed by atoms with Crippen LogP contribution in [0, 0.1) is 0 Å². The molecule has 0 bridgehead atoms. The summed E-state index contributed by atoms with van der Waals surface area (Å²) < 4.78 is 10.6. The van der Waals surface area contributed by atoms with Crippen LogP contribution in [-0.2, 0) is 9.53 Å². The Morgan fingerprint density at radius 2 is 2.04 bits per heavy atom. The molecule has 138 valence electrons. The number of ether oxygens (including phenoxy) is 2. The van der Waals surface area contributed by atoms with Gasteiger partial charge in [0.05, 0.1) is 24.8 Å². The summed E-state index contributed by atoms with van der Waals surface area (Å²) in [6.07, 6.45) is 0. The lowest BCUT2D eigenvalue weighted by Gasteiger charge is -2.34. The molecule has 0 radical (unpaired) electrons. The van der Waals surface area contributed by atoms with Gasteiger partial charge in [0, 0.05) is 26.6 Å². The van der Waals surface area contributed by atoms with Crippen molar-refractivity contribution < 1.29 is 19.1 Å². The van der Waals surface area contributed by atoms with E-state index in [0.29, 0.717) is 25.3 Å². The third kappa shape index (κ3) is 4.69. The fourth-order valence-corrected chi connectivity index (χ4v) is 3.70. The molecule has 1 atom stereocenters. The second-order valence-corrected chi connectivity index (χ2v) is 6.80. The first kappa shape index (κ1) is 18.6. The Balaban J connectivity index is 1.71. The molecule has 3 rings (SSSR count). The third-order valence-corrected chi connectivity index (χ3v) is 4.96. The number of benzene rings is 1. The van der Waals surface area contributed by atoms with Gasteiger partial charge >= 0.3 is 5.97 Å². The average Bonchev–Trinajstić information content (AvgIpc) is 3.17. The zero-order valence-electron chi connectivity index (χ0n) is 14.6. The van der Waals surface area contributed by atoms with E-state index in [2.05, 4.69) is 21.7 Å². The van der Waals surface area contributed by atoms with Gasteiger partial charge in [-0.15, -0.1) is 0 Å². The summed E-state index contributed by atoms with van der Waals surface area (Å²) in [4.78, 5) is 26.2. The van der Waals surface area contributed by atoms with E-state index in [1.54, 1.807) is 35.6 Å². The molecule has 2 heterocycles. The average molecular weight is 374 g/mol. The van der Waals surface area contributed by atoms with Crippen molar-refractivity contribution >= 4 is 23.2 Å².